The Labute approximate surface area is 192 Å². The second-order valence-electron chi connectivity index (χ2n) is 7.63. The highest BCUT2D eigenvalue weighted by molar-refractivity contribution is 5.96. The van der Waals surface area contributed by atoms with Crippen molar-refractivity contribution < 1.29 is 4.39 Å². The van der Waals surface area contributed by atoms with Crippen LogP contribution in [0.2, 0.25) is 0 Å². The van der Waals surface area contributed by atoms with Gasteiger partial charge in [0.15, 0.2) is 0 Å². The van der Waals surface area contributed by atoms with Gasteiger partial charge in [-0.05, 0) is 48.0 Å². The molecule has 0 aliphatic rings. The summed E-state index contributed by atoms with van der Waals surface area (Å²) in [6.07, 6.45) is 4.19. The zero-order chi connectivity index (χ0) is 22.5. The monoisotopic (exact) mass is 425 g/mol. The molecular formula is C31H20FN. The van der Waals surface area contributed by atoms with Crippen molar-refractivity contribution in [3.05, 3.63) is 137 Å². The predicted molar refractivity (Wildman–Crippen MR) is 135 cm³/mol. The van der Waals surface area contributed by atoms with E-state index >= 15 is 0 Å². The zero-order valence-electron chi connectivity index (χ0n) is 17.9. The van der Waals surface area contributed by atoms with E-state index < -0.39 is 0 Å². The van der Waals surface area contributed by atoms with Gasteiger partial charge >= 0.3 is 0 Å². The van der Waals surface area contributed by atoms with Crippen LogP contribution in [0, 0.1) is 17.7 Å². The SMILES string of the molecule is Fc1ccc(-c2nc3ccccc3c(/C=C/c3ccccc3)c2C#Cc2ccccc2)cc1. The van der Waals surface area contributed by atoms with E-state index in [0.29, 0.717) is 0 Å². The molecule has 0 atom stereocenters. The summed E-state index contributed by atoms with van der Waals surface area (Å²) in [7, 11) is 0. The molecule has 0 fully saturated rings. The molecule has 0 radical (unpaired) electrons. The fourth-order valence-electron chi connectivity index (χ4n) is 3.75. The Morgan fingerprint density at radius 2 is 1.30 bits per heavy atom. The lowest BCUT2D eigenvalue weighted by Crippen LogP contribution is -1.96. The van der Waals surface area contributed by atoms with Crippen molar-refractivity contribution in [1.29, 1.82) is 0 Å². The van der Waals surface area contributed by atoms with Crippen LogP contribution in [-0.4, -0.2) is 4.98 Å². The van der Waals surface area contributed by atoms with Crippen LogP contribution >= 0.6 is 0 Å². The molecule has 0 N–H and O–H groups in total. The lowest BCUT2D eigenvalue weighted by atomic mass is 9.95. The van der Waals surface area contributed by atoms with Gasteiger partial charge in [-0.1, -0.05) is 90.7 Å². The average molecular weight is 426 g/mol. The quantitative estimate of drug-likeness (QED) is 0.271. The molecular weight excluding hydrogens is 405 g/mol. The van der Waals surface area contributed by atoms with Crippen molar-refractivity contribution in [2.75, 3.05) is 0 Å². The normalized spacial score (nSPS) is 10.8. The molecule has 0 aliphatic carbocycles. The van der Waals surface area contributed by atoms with Gasteiger partial charge in [0.25, 0.3) is 0 Å². The molecule has 0 amide bonds. The lowest BCUT2D eigenvalue weighted by molar-refractivity contribution is 0.628. The maximum atomic E-state index is 13.7. The van der Waals surface area contributed by atoms with E-state index in [4.69, 9.17) is 4.98 Å². The summed E-state index contributed by atoms with van der Waals surface area (Å²) >= 11 is 0. The highest BCUT2D eigenvalue weighted by Crippen LogP contribution is 2.31. The molecule has 0 saturated heterocycles. The van der Waals surface area contributed by atoms with Crippen LogP contribution in [0.1, 0.15) is 22.3 Å². The van der Waals surface area contributed by atoms with Crippen molar-refractivity contribution >= 4 is 23.1 Å². The first-order valence-corrected chi connectivity index (χ1v) is 10.8. The fourth-order valence-corrected chi connectivity index (χ4v) is 3.75. The first kappa shape index (κ1) is 20.4. The van der Waals surface area contributed by atoms with E-state index in [1.807, 2.05) is 66.7 Å². The molecule has 1 aromatic heterocycles. The number of fused-ring (bicyclic) bond motifs is 1. The Morgan fingerprint density at radius 1 is 0.636 bits per heavy atom. The summed E-state index contributed by atoms with van der Waals surface area (Å²) in [5.74, 6) is 6.39. The fraction of sp³-hybridized carbons (Fsp3) is 0. The molecule has 2 heteroatoms. The molecule has 0 saturated carbocycles. The van der Waals surface area contributed by atoms with E-state index in [0.717, 1.165) is 44.4 Å². The summed E-state index contributed by atoms with van der Waals surface area (Å²) in [5, 5.41) is 1.02. The Balaban J connectivity index is 1.78. The van der Waals surface area contributed by atoms with Crippen molar-refractivity contribution in [3.63, 3.8) is 0 Å². The molecule has 1 nitrogen and oxygen atoms in total. The van der Waals surface area contributed by atoms with Gasteiger partial charge in [-0.2, -0.15) is 0 Å². The van der Waals surface area contributed by atoms with Crippen LogP contribution in [0.4, 0.5) is 4.39 Å². The largest absolute Gasteiger partial charge is 0.246 e. The van der Waals surface area contributed by atoms with E-state index in [2.05, 4.69) is 42.2 Å². The van der Waals surface area contributed by atoms with Gasteiger partial charge in [-0.25, -0.2) is 9.37 Å². The summed E-state index contributed by atoms with van der Waals surface area (Å²) < 4.78 is 13.7. The molecule has 0 spiro atoms. The third-order valence-electron chi connectivity index (χ3n) is 5.40. The standard InChI is InChI=1S/C31H20FN/c32-26-19-17-25(18-20-26)31-29(22-16-24-11-5-2-6-12-24)27(21-15-23-9-3-1-4-10-23)28-13-7-8-14-30(28)33-31/h1-15,17-21H/b21-15+. The topological polar surface area (TPSA) is 12.9 Å². The van der Waals surface area contributed by atoms with E-state index in [1.165, 1.54) is 12.1 Å². The van der Waals surface area contributed by atoms with Crippen molar-refractivity contribution in [2.45, 2.75) is 0 Å². The lowest BCUT2D eigenvalue weighted by Gasteiger charge is -2.12. The Kier molecular flexibility index (Phi) is 5.78. The van der Waals surface area contributed by atoms with Crippen LogP contribution in [0.25, 0.3) is 34.3 Å². The van der Waals surface area contributed by atoms with Gasteiger partial charge in [0, 0.05) is 22.1 Å². The van der Waals surface area contributed by atoms with Gasteiger partial charge < -0.3 is 0 Å². The molecule has 4 aromatic carbocycles. The second-order valence-corrected chi connectivity index (χ2v) is 7.63. The minimum atomic E-state index is -0.277. The molecule has 156 valence electrons. The van der Waals surface area contributed by atoms with Crippen molar-refractivity contribution in [2.24, 2.45) is 0 Å². The van der Waals surface area contributed by atoms with Crippen LogP contribution in [0.15, 0.2) is 109 Å². The number of benzene rings is 4. The van der Waals surface area contributed by atoms with Gasteiger partial charge in [-0.3, -0.25) is 0 Å². The van der Waals surface area contributed by atoms with Crippen LogP contribution in [-0.2, 0) is 0 Å². The number of pyridine rings is 1. The minimum absolute atomic E-state index is 0.277. The number of aromatic nitrogens is 1. The molecule has 33 heavy (non-hydrogen) atoms. The van der Waals surface area contributed by atoms with Crippen LogP contribution in [0.3, 0.4) is 0 Å². The molecule has 1 heterocycles. The zero-order valence-corrected chi connectivity index (χ0v) is 17.9. The first-order valence-electron chi connectivity index (χ1n) is 10.8. The van der Waals surface area contributed by atoms with Gasteiger partial charge in [-0.15, -0.1) is 0 Å². The van der Waals surface area contributed by atoms with Crippen molar-refractivity contribution in [3.8, 4) is 23.1 Å². The van der Waals surface area contributed by atoms with Gasteiger partial charge in [0.1, 0.15) is 5.82 Å². The minimum Gasteiger partial charge on any atom is -0.246 e. The summed E-state index contributed by atoms with van der Waals surface area (Å²) in [6.45, 7) is 0. The van der Waals surface area contributed by atoms with E-state index in [1.54, 1.807) is 12.1 Å². The number of halogens is 1. The Bertz CT molecular complexity index is 1490. The maximum Gasteiger partial charge on any atom is 0.123 e. The Morgan fingerprint density at radius 3 is 2.06 bits per heavy atom. The van der Waals surface area contributed by atoms with Crippen molar-refractivity contribution in [1.82, 2.24) is 4.98 Å². The summed E-state index contributed by atoms with van der Waals surface area (Å²) in [4.78, 5) is 4.94. The van der Waals surface area contributed by atoms with E-state index in [-0.39, 0.29) is 5.82 Å². The van der Waals surface area contributed by atoms with Gasteiger partial charge in [0.05, 0.1) is 16.8 Å². The highest BCUT2D eigenvalue weighted by atomic mass is 19.1. The average Bonchev–Trinajstić information content (AvgIpc) is 2.87. The number of hydrogen-bond donors (Lipinski definition) is 0. The summed E-state index contributed by atoms with van der Waals surface area (Å²) in [6, 6.07) is 34.5. The predicted octanol–water partition coefficient (Wildman–Crippen LogP) is 7.61. The second kappa shape index (κ2) is 9.34. The van der Waals surface area contributed by atoms with E-state index in [9.17, 15) is 4.39 Å². The van der Waals surface area contributed by atoms with Crippen LogP contribution < -0.4 is 0 Å². The van der Waals surface area contributed by atoms with Crippen LogP contribution in [0.5, 0.6) is 0 Å². The molecule has 0 aliphatic heterocycles. The third-order valence-corrected chi connectivity index (χ3v) is 5.40. The first-order chi connectivity index (χ1) is 16.3. The maximum absolute atomic E-state index is 13.7. The highest BCUT2D eigenvalue weighted by Gasteiger charge is 2.14. The number of hydrogen-bond acceptors (Lipinski definition) is 1. The molecule has 0 bridgehead atoms. The number of nitrogens with zero attached hydrogens (tertiary/aromatic N) is 1. The molecule has 5 aromatic rings. The third kappa shape index (κ3) is 4.59. The smallest absolute Gasteiger partial charge is 0.123 e. The summed E-state index contributed by atoms with van der Waals surface area (Å²) in [5.41, 5.74) is 6.27. The number of para-hydroxylation sites is 1. The number of rotatable bonds is 3. The molecule has 0 unspecified atom stereocenters. The van der Waals surface area contributed by atoms with Gasteiger partial charge in [0.2, 0.25) is 0 Å². The Hall–Kier alpha value is -4.48. The molecule has 5 rings (SSSR count).